The van der Waals surface area contributed by atoms with Gasteiger partial charge in [-0.15, -0.1) is 0 Å². The normalized spacial score (nSPS) is 22.0. The molecule has 2 atom stereocenters. The average Bonchev–Trinajstić information content (AvgIpc) is 2.86. The minimum Gasteiger partial charge on any atom is -0.481 e. The Hall–Kier alpha value is -2.09. The molecule has 2 unspecified atom stereocenters. The van der Waals surface area contributed by atoms with Crippen LogP contribution in [0.3, 0.4) is 0 Å². The van der Waals surface area contributed by atoms with Crippen molar-refractivity contribution >= 4 is 11.9 Å². The monoisotopic (exact) mass is 303 g/mol. The lowest BCUT2D eigenvalue weighted by Crippen LogP contribution is -2.42. The van der Waals surface area contributed by atoms with Gasteiger partial charge in [-0.25, -0.2) is 0 Å². The molecule has 1 aliphatic heterocycles. The highest BCUT2D eigenvalue weighted by atomic mass is 19.4. The molecular weight excluding hydrogens is 291 g/mol. The van der Waals surface area contributed by atoms with Crippen molar-refractivity contribution < 1.29 is 32.6 Å². The number of carboxylic acids is 1. The Labute approximate surface area is 117 Å². The van der Waals surface area contributed by atoms with Crippen LogP contribution in [0.25, 0.3) is 0 Å². The summed E-state index contributed by atoms with van der Waals surface area (Å²) in [6.45, 7) is -0.0233. The molecule has 2 N–H and O–H groups in total. The van der Waals surface area contributed by atoms with Crippen molar-refractivity contribution in [3.05, 3.63) is 35.4 Å². The Bertz CT molecular complexity index is 559. The zero-order valence-electron chi connectivity index (χ0n) is 10.7. The highest BCUT2D eigenvalue weighted by Gasteiger charge is 2.36. The van der Waals surface area contributed by atoms with Gasteiger partial charge < -0.3 is 15.2 Å². The summed E-state index contributed by atoms with van der Waals surface area (Å²) in [5.74, 6) is -2.79. The lowest BCUT2D eigenvalue weighted by molar-refractivity contribution is -0.142. The van der Waals surface area contributed by atoms with Gasteiger partial charge in [-0.05, 0) is 18.2 Å². The van der Waals surface area contributed by atoms with E-state index >= 15 is 0 Å². The van der Waals surface area contributed by atoms with E-state index in [4.69, 9.17) is 9.84 Å². The molecule has 0 bridgehead atoms. The standard InChI is InChI=1S/C13H12F3NO4/c14-13(15,16)8-3-1-2-7(4-8)11(18)17-10-6-21-5-9(10)12(19)20/h1-4,9-10H,5-6H2,(H,17,18)(H,19,20). The van der Waals surface area contributed by atoms with E-state index < -0.39 is 35.6 Å². The molecule has 21 heavy (non-hydrogen) atoms. The minimum absolute atomic E-state index is 0.0155. The molecule has 8 heteroatoms. The number of carboxylic acid groups (broad SMARTS) is 1. The summed E-state index contributed by atoms with van der Waals surface area (Å²) in [7, 11) is 0. The minimum atomic E-state index is -4.55. The smallest absolute Gasteiger partial charge is 0.416 e. The second kappa shape index (κ2) is 5.72. The molecular formula is C13H12F3NO4. The molecule has 1 heterocycles. The number of alkyl halides is 3. The lowest BCUT2D eigenvalue weighted by atomic mass is 10.0. The Morgan fingerprint density at radius 2 is 2.00 bits per heavy atom. The Kier molecular flexibility index (Phi) is 4.17. The first-order chi connectivity index (χ1) is 9.79. The van der Waals surface area contributed by atoms with Crippen molar-refractivity contribution in [1.82, 2.24) is 5.32 Å². The summed E-state index contributed by atoms with van der Waals surface area (Å²) in [6, 6.07) is 3.17. The van der Waals surface area contributed by atoms with Gasteiger partial charge in [0.25, 0.3) is 5.91 Å². The van der Waals surface area contributed by atoms with Gasteiger partial charge in [0.05, 0.1) is 24.8 Å². The van der Waals surface area contributed by atoms with E-state index in [1.165, 1.54) is 6.07 Å². The third-order valence-corrected chi connectivity index (χ3v) is 3.17. The maximum atomic E-state index is 12.6. The largest absolute Gasteiger partial charge is 0.481 e. The van der Waals surface area contributed by atoms with Crippen molar-refractivity contribution in [2.45, 2.75) is 12.2 Å². The number of hydrogen-bond donors (Lipinski definition) is 2. The van der Waals surface area contributed by atoms with Crippen LogP contribution in [-0.4, -0.2) is 36.2 Å². The molecule has 1 aromatic rings. The average molecular weight is 303 g/mol. The maximum absolute atomic E-state index is 12.6. The maximum Gasteiger partial charge on any atom is 0.416 e. The number of rotatable bonds is 3. The summed E-state index contributed by atoms with van der Waals surface area (Å²) >= 11 is 0. The van der Waals surface area contributed by atoms with Gasteiger partial charge in [0.2, 0.25) is 0 Å². The SMILES string of the molecule is O=C(NC1COCC1C(=O)O)c1cccc(C(F)(F)F)c1. The first-order valence-electron chi connectivity index (χ1n) is 6.07. The summed E-state index contributed by atoms with van der Waals surface area (Å²) in [5, 5.41) is 11.3. The quantitative estimate of drug-likeness (QED) is 0.888. The molecule has 0 aromatic heterocycles. The number of nitrogens with one attached hydrogen (secondary N) is 1. The molecule has 1 fully saturated rings. The van der Waals surface area contributed by atoms with Gasteiger partial charge in [-0.1, -0.05) is 6.07 Å². The first-order valence-corrected chi connectivity index (χ1v) is 6.07. The van der Waals surface area contributed by atoms with E-state index in [9.17, 15) is 22.8 Å². The van der Waals surface area contributed by atoms with Crippen molar-refractivity contribution in [1.29, 1.82) is 0 Å². The molecule has 0 aliphatic carbocycles. The summed E-state index contributed by atoms with van der Waals surface area (Å²) < 4.78 is 42.7. The second-order valence-electron chi connectivity index (χ2n) is 4.64. The zero-order chi connectivity index (χ0) is 15.6. The Morgan fingerprint density at radius 1 is 1.29 bits per heavy atom. The molecule has 114 valence electrons. The summed E-state index contributed by atoms with van der Waals surface area (Å²) in [4.78, 5) is 22.9. The van der Waals surface area contributed by atoms with Gasteiger partial charge >= 0.3 is 12.1 Å². The lowest BCUT2D eigenvalue weighted by Gasteiger charge is -2.16. The highest BCUT2D eigenvalue weighted by Crippen LogP contribution is 2.29. The van der Waals surface area contributed by atoms with E-state index in [2.05, 4.69) is 5.32 Å². The fraction of sp³-hybridized carbons (Fsp3) is 0.385. The fourth-order valence-corrected chi connectivity index (χ4v) is 2.03. The van der Waals surface area contributed by atoms with E-state index in [0.29, 0.717) is 0 Å². The number of hydrogen-bond acceptors (Lipinski definition) is 3. The third-order valence-electron chi connectivity index (χ3n) is 3.17. The van der Waals surface area contributed by atoms with Crippen LogP contribution in [0.4, 0.5) is 13.2 Å². The topological polar surface area (TPSA) is 75.6 Å². The van der Waals surface area contributed by atoms with Crippen LogP contribution in [0, 0.1) is 5.92 Å². The van der Waals surface area contributed by atoms with Gasteiger partial charge in [-0.3, -0.25) is 9.59 Å². The Morgan fingerprint density at radius 3 is 2.62 bits per heavy atom. The van der Waals surface area contributed by atoms with Crippen LogP contribution in [0.15, 0.2) is 24.3 Å². The van der Waals surface area contributed by atoms with Crippen molar-refractivity contribution in [2.75, 3.05) is 13.2 Å². The zero-order valence-corrected chi connectivity index (χ0v) is 10.7. The highest BCUT2D eigenvalue weighted by molar-refractivity contribution is 5.95. The number of halogens is 3. The fourth-order valence-electron chi connectivity index (χ4n) is 2.03. The van der Waals surface area contributed by atoms with Crippen LogP contribution in [0.1, 0.15) is 15.9 Å². The molecule has 1 aromatic carbocycles. The summed E-state index contributed by atoms with van der Waals surface area (Å²) in [6.07, 6.45) is -4.55. The van der Waals surface area contributed by atoms with Crippen molar-refractivity contribution in [3.63, 3.8) is 0 Å². The van der Waals surface area contributed by atoms with Crippen LogP contribution < -0.4 is 5.32 Å². The van der Waals surface area contributed by atoms with Crippen molar-refractivity contribution in [3.8, 4) is 0 Å². The third kappa shape index (κ3) is 3.52. The predicted molar refractivity (Wildman–Crippen MR) is 64.6 cm³/mol. The molecule has 0 radical (unpaired) electrons. The van der Waals surface area contributed by atoms with Gasteiger partial charge in [0.15, 0.2) is 0 Å². The number of amides is 1. The van der Waals surface area contributed by atoms with E-state index in [1.807, 2.05) is 0 Å². The molecule has 1 aliphatic rings. The molecule has 2 rings (SSSR count). The van der Waals surface area contributed by atoms with Crippen molar-refractivity contribution in [2.24, 2.45) is 5.92 Å². The van der Waals surface area contributed by atoms with E-state index in [1.54, 1.807) is 0 Å². The molecule has 5 nitrogen and oxygen atoms in total. The first kappa shape index (κ1) is 15.3. The van der Waals surface area contributed by atoms with E-state index in [0.717, 1.165) is 18.2 Å². The number of ether oxygens (including phenoxy) is 1. The van der Waals surface area contributed by atoms with Crippen LogP contribution in [-0.2, 0) is 15.7 Å². The van der Waals surface area contributed by atoms with Crippen LogP contribution in [0.2, 0.25) is 0 Å². The van der Waals surface area contributed by atoms with Crippen LogP contribution in [0.5, 0.6) is 0 Å². The van der Waals surface area contributed by atoms with Gasteiger partial charge in [-0.2, -0.15) is 13.2 Å². The molecule has 1 amide bonds. The summed E-state index contributed by atoms with van der Waals surface area (Å²) in [5.41, 5.74) is -1.12. The molecule has 1 saturated heterocycles. The number of benzene rings is 1. The van der Waals surface area contributed by atoms with Gasteiger partial charge in [0.1, 0.15) is 5.92 Å². The molecule has 0 saturated carbocycles. The molecule has 0 spiro atoms. The van der Waals surface area contributed by atoms with Crippen LogP contribution >= 0.6 is 0 Å². The Balaban J connectivity index is 2.12. The van der Waals surface area contributed by atoms with E-state index in [-0.39, 0.29) is 18.8 Å². The van der Waals surface area contributed by atoms with Gasteiger partial charge in [0, 0.05) is 5.56 Å². The predicted octanol–water partition coefficient (Wildman–Crippen LogP) is 1.53. The number of carbonyl (C=O) groups is 2. The number of carbonyl (C=O) groups excluding carboxylic acids is 1. The second-order valence-corrected chi connectivity index (χ2v) is 4.64. The number of aliphatic carboxylic acids is 1.